The molecule has 0 saturated carbocycles. The molecule has 2 aromatic rings. The first-order chi connectivity index (χ1) is 26.6. The van der Waals surface area contributed by atoms with E-state index in [4.69, 9.17) is 42.6 Å². The van der Waals surface area contributed by atoms with E-state index in [1.165, 1.54) is 14.2 Å². The molecule has 56 heavy (non-hydrogen) atoms. The third-order valence-electron chi connectivity index (χ3n) is 9.05. The van der Waals surface area contributed by atoms with Gasteiger partial charge in [0.1, 0.15) is 49.0 Å². The molecule has 2 fully saturated rings. The number of aliphatic hydroxyl groups is 4. The minimum atomic E-state index is -1.62. The van der Waals surface area contributed by atoms with E-state index < -0.39 is 91.9 Å². The quantitative estimate of drug-likeness (QED) is 0.116. The summed E-state index contributed by atoms with van der Waals surface area (Å²) in [6, 6.07) is 12.5. The van der Waals surface area contributed by atoms with Gasteiger partial charge in [-0.1, -0.05) is 12.1 Å². The lowest BCUT2D eigenvalue weighted by molar-refractivity contribution is -0.313. The Balaban J connectivity index is 1.39. The second-order valence-corrected chi connectivity index (χ2v) is 14.2. The van der Waals surface area contributed by atoms with Gasteiger partial charge in [-0.05, 0) is 63.9 Å². The zero-order valence-corrected chi connectivity index (χ0v) is 33.2. The van der Waals surface area contributed by atoms with Gasteiger partial charge in [-0.25, -0.2) is 0 Å². The van der Waals surface area contributed by atoms with Crippen LogP contribution in [0.5, 0.6) is 17.2 Å². The molecule has 0 radical (unpaired) electrons. The highest BCUT2D eigenvalue weighted by atomic mass is 16.7. The summed E-state index contributed by atoms with van der Waals surface area (Å²) in [6.45, 7) is 6.04. The molecule has 2 unspecified atom stereocenters. The largest absolute Gasteiger partial charge is 0.493 e. The van der Waals surface area contributed by atoms with Gasteiger partial charge < -0.3 is 73.3 Å². The van der Waals surface area contributed by atoms with E-state index in [1.54, 1.807) is 58.0 Å². The Bertz CT molecular complexity index is 1540. The Morgan fingerprint density at radius 3 is 2.07 bits per heavy atom. The first-order valence-corrected chi connectivity index (χ1v) is 18.6. The Hall–Kier alpha value is -3.62. The zero-order chi connectivity index (χ0) is 41.1. The maximum absolute atomic E-state index is 13.5. The number of carbonyl (C=O) groups excluding carboxylic acids is 2. The van der Waals surface area contributed by atoms with Crippen molar-refractivity contribution in [1.29, 1.82) is 0 Å². The van der Waals surface area contributed by atoms with Crippen LogP contribution < -0.4 is 24.4 Å². The number of carbonyl (C=O) groups is 2. The molecule has 2 aliphatic rings. The summed E-state index contributed by atoms with van der Waals surface area (Å²) >= 11 is 0. The van der Waals surface area contributed by atoms with Crippen molar-refractivity contribution in [3.05, 3.63) is 48.0 Å². The zero-order valence-electron chi connectivity index (χ0n) is 33.2. The third-order valence-corrected chi connectivity index (χ3v) is 9.05. The molecule has 2 saturated heterocycles. The second kappa shape index (κ2) is 21.2. The first-order valence-electron chi connectivity index (χ1n) is 18.6. The summed E-state index contributed by atoms with van der Waals surface area (Å²) in [4.78, 5) is 28.8. The van der Waals surface area contributed by atoms with Crippen molar-refractivity contribution in [2.24, 2.45) is 0 Å². The van der Waals surface area contributed by atoms with Crippen LogP contribution in [0.25, 0.3) is 0 Å². The summed E-state index contributed by atoms with van der Waals surface area (Å²) in [5, 5.41) is 46.7. The highest BCUT2D eigenvalue weighted by molar-refractivity contribution is 5.85. The fraction of sp³-hybridized carbons (Fsp3) is 0.641. The van der Waals surface area contributed by atoms with E-state index in [2.05, 4.69) is 5.32 Å². The summed E-state index contributed by atoms with van der Waals surface area (Å²) in [5.74, 6) is 0.363. The van der Waals surface area contributed by atoms with Gasteiger partial charge in [0, 0.05) is 32.4 Å². The Labute approximate surface area is 327 Å². The normalized spacial score (nSPS) is 27.9. The number of methoxy groups -OCH3 is 2. The standard InChI is InChI=1S/C39H58N2O15/c1-21(2)53-35-30(44)31(45)38(56-36(35)37(47)40-15-14-23-12-13-27(48-7)28(18-23)49-8)51-17-16-50-34-29(43)32(46)39(54-22(3)4)55-33(34)26(42)20-52-25-11-9-10-24(19-25)41(5)6/h9-13,18-19,21-22,29-36,38-39,43-46H,14-17,20H2,1-8H3,(H,40,47)/t29-,30-,31+,32+,33?,34+,35+,36?,38-,39-/m1/s1. The van der Waals surface area contributed by atoms with Crippen molar-refractivity contribution in [3.63, 3.8) is 0 Å². The monoisotopic (exact) mass is 794 g/mol. The van der Waals surface area contributed by atoms with Crippen LogP contribution in [-0.2, 0) is 44.4 Å². The number of ketones is 1. The predicted molar refractivity (Wildman–Crippen MR) is 201 cm³/mol. The molecule has 0 spiro atoms. The number of amides is 1. The highest BCUT2D eigenvalue weighted by Crippen LogP contribution is 2.30. The van der Waals surface area contributed by atoms with E-state index in [0.717, 1.165) is 11.3 Å². The van der Waals surface area contributed by atoms with Gasteiger partial charge in [-0.2, -0.15) is 0 Å². The van der Waals surface area contributed by atoms with E-state index in [0.29, 0.717) is 23.7 Å². The van der Waals surface area contributed by atoms with Gasteiger partial charge in [0.25, 0.3) is 5.91 Å². The number of aliphatic hydroxyl groups excluding tert-OH is 4. The number of anilines is 1. The van der Waals surface area contributed by atoms with Crippen molar-refractivity contribution in [1.82, 2.24) is 5.32 Å². The van der Waals surface area contributed by atoms with Gasteiger partial charge in [0.2, 0.25) is 5.78 Å². The van der Waals surface area contributed by atoms with Crippen LogP contribution in [0.1, 0.15) is 33.3 Å². The third kappa shape index (κ3) is 12.0. The van der Waals surface area contributed by atoms with Crippen LogP contribution in [0.2, 0.25) is 0 Å². The van der Waals surface area contributed by atoms with Crippen LogP contribution in [0.15, 0.2) is 42.5 Å². The topological polar surface area (TPSA) is 213 Å². The fourth-order valence-corrected chi connectivity index (χ4v) is 6.22. The van der Waals surface area contributed by atoms with Gasteiger partial charge in [0.05, 0.1) is 39.6 Å². The summed E-state index contributed by atoms with van der Waals surface area (Å²) in [7, 11) is 6.81. The Morgan fingerprint density at radius 1 is 0.768 bits per heavy atom. The van der Waals surface area contributed by atoms with Crippen molar-refractivity contribution >= 4 is 17.4 Å². The number of benzene rings is 2. The van der Waals surface area contributed by atoms with Crippen LogP contribution >= 0.6 is 0 Å². The maximum Gasteiger partial charge on any atom is 0.252 e. The first kappa shape index (κ1) is 45.1. The van der Waals surface area contributed by atoms with E-state index >= 15 is 0 Å². The molecule has 2 aliphatic heterocycles. The molecule has 0 aliphatic carbocycles. The molecule has 10 atom stereocenters. The van der Waals surface area contributed by atoms with Crippen molar-refractivity contribution in [3.8, 4) is 17.2 Å². The Kier molecular flexibility index (Phi) is 17.1. The molecular formula is C39H58N2O15. The Morgan fingerprint density at radius 2 is 1.41 bits per heavy atom. The summed E-state index contributed by atoms with van der Waals surface area (Å²) in [5.41, 5.74) is 1.73. The number of hydrogen-bond donors (Lipinski definition) is 5. The lowest BCUT2D eigenvalue weighted by Crippen LogP contribution is -2.63. The van der Waals surface area contributed by atoms with E-state index in [-0.39, 0.29) is 19.8 Å². The number of hydrogen-bond acceptors (Lipinski definition) is 16. The molecule has 2 heterocycles. The van der Waals surface area contributed by atoms with E-state index in [9.17, 15) is 30.0 Å². The average molecular weight is 795 g/mol. The highest BCUT2D eigenvalue weighted by Gasteiger charge is 2.50. The molecule has 17 heteroatoms. The van der Waals surface area contributed by atoms with Crippen molar-refractivity contribution < 1.29 is 72.6 Å². The molecule has 1 amide bonds. The molecule has 314 valence electrons. The molecule has 2 aromatic carbocycles. The maximum atomic E-state index is 13.5. The molecule has 17 nitrogen and oxygen atoms in total. The number of rotatable bonds is 20. The molecule has 0 bridgehead atoms. The van der Waals surface area contributed by atoms with Gasteiger partial charge in [0.15, 0.2) is 36.3 Å². The molecule has 5 N–H and O–H groups in total. The minimum Gasteiger partial charge on any atom is -0.493 e. The molecular weight excluding hydrogens is 736 g/mol. The number of ether oxygens (including phenoxy) is 9. The summed E-state index contributed by atoms with van der Waals surface area (Å²) in [6.07, 6.45) is -15.0. The number of nitrogens with zero attached hydrogens (tertiary/aromatic N) is 1. The van der Waals surface area contributed by atoms with E-state index in [1.807, 2.05) is 31.1 Å². The van der Waals surface area contributed by atoms with Crippen molar-refractivity contribution in [2.75, 3.05) is 59.6 Å². The SMILES string of the molecule is COc1ccc(CCNC(=O)C2O[C@@H](OCCO[C@@H]3C(C(=O)COc4cccc(N(C)C)c4)O[C@@H](OC(C)C)[C@@H](O)[C@H]3O)[C@@H](O)[C@@H](O)[C@@H]2OC(C)C)cc1OC. The molecule has 0 aromatic heterocycles. The number of Topliss-reactive ketones (excluding diaryl/α,β-unsaturated/α-hetero) is 1. The van der Waals surface area contributed by atoms with Gasteiger partial charge in [-0.15, -0.1) is 0 Å². The van der Waals surface area contributed by atoms with Crippen LogP contribution in [-0.4, -0.2) is 160 Å². The minimum absolute atomic E-state index is 0.203. The lowest BCUT2D eigenvalue weighted by Gasteiger charge is -2.43. The smallest absolute Gasteiger partial charge is 0.252 e. The van der Waals surface area contributed by atoms with Crippen molar-refractivity contribution in [2.45, 2.75) is 108 Å². The van der Waals surface area contributed by atoms with Crippen LogP contribution in [0.4, 0.5) is 5.69 Å². The van der Waals surface area contributed by atoms with Gasteiger partial charge >= 0.3 is 0 Å². The summed E-state index contributed by atoms with van der Waals surface area (Å²) < 4.78 is 51.2. The molecule has 4 rings (SSSR count). The second-order valence-electron chi connectivity index (χ2n) is 14.2. The average Bonchev–Trinajstić information content (AvgIpc) is 3.16. The predicted octanol–water partition coefficient (Wildman–Crippen LogP) is 0.590. The van der Waals surface area contributed by atoms with Crippen LogP contribution in [0, 0.1) is 0 Å². The van der Waals surface area contributed by atoms with Crippen LogP contribution in [0.3, 0.4) is 0 Å². The lowest BCUT2D eigenvalue weighted by atomic mass is 9.96. The fourth-order valence-electron chi connectivity index (χ4n) is 6.22. The number of nitrogens with one attached hydrogen (secondary N) is 1. The van der Waals surface area contributed by atoms with Gasteiger partial charge in [-0.3, -0.25) is 9.59 Å².